The van der Waals surface area contributed by atoms with E-state index in [0.29, 0.717) is 17.5 Å². The average Bonchev–Trinajstić information content (AvgIpc) is 3.77. The van der Waals surface area contributed by atoms with Gasteiger partial charge in [-0.15, -0.1) is 0 Å². The highest BCUT2D eigenvalue weighted by molar-refractivity contribution is 5.96. The van der Waals surface area contributed by atoms with Crippen LogP contribution in [0.1, 0.15) is 25.0 Å². The maximum Gasteiger partial charge on any atom is 0.164 e. The van der Waals surface area contributed by atoms with Gasteiger partial charge in [-0.25, -0.2) is 19.6 Å². The molecule has 5 nitrogen and oxygen atoms in total. The van der Waals surface area contributed by atoms with Crippen LogP contribution in [0.4, 0.5) is 0 Å². The van der Waals surface area contributed by atoms with E-state index in [4.69, 9.17) is 20.1 Å². The van der Waals surface area contributed by atoms with Crippen LogP contribution in [-0.4, -0.2) is 24.7 Å². The third-order valence-electron chi connectivity index (χ3n) is 10.7. The molecule has 1 aliphatic rings. The van der Waals surface area contributed by atoms with Crippen LogP contribution in [0, 0.1) is 0 Å². The second kappa shape index (κ2) is 12.6. The van der Waals surface area contributed by atoms with Gasteiger partial charge in [0.1, 0.15) is 0 Å². The minimum absolute atomic E-state index is 0.0881. The fourth-order valence-corrected chi connectivity index (χ4v) is 8.05. The molecule has 7 aromatic carbocycles. The second-order valence-electron chi connectivity index (χ2n) is 14.4. The normalized spacial score (nSPS) is 12.8. The van der Waals surface area contributed by atoms with Crippen molar-refractivity contribution in [1.29, 1.82) is 0 Å². The third kappa shape index (κ3) is 5.32. The van der Waals surface area contributed by atoms with Crippen LogP contribution in [0.5, 0.6) is 0 Å². The number of rotatable bonds is 6. The van der Waals surface area contributed by atoms with Crippen molar-refractivity contribution < 1.29 is 0 Å². The Morgan fingerprint density at radius 3 is 1.59 bits per heavy atom. The zero-order valence-corrected chi connectivity index (χ0v) is 30.0. The Balaban J connectivity index is 0.968. The smallest absolute Gasteiger partial charge is 0.164 e. The van der Waals surface area contributed by atoms with Crippen molar-refractivity contribution in [3.05, 3.63) is 187 Å². The lowest BCUT2D eigenvalue weighted by Crippen LogP contribution is -2.15. The predicted molar refractivity (Wildman–Crippen MR) is 219 cm³/mol. The summed E-state index contributed by atoms with van der Waals surface area (Å²) in [6, 6.07) is 59.3. The van der Waals surface area contributed by atoms with Crippen LogP contribution in [0.2, 0.25) is 0 Å². The van der Waals surface area contributed by atoms with Crippen molar-refractivity contribution in [1.82, 2.24) is 24.7 Å². The van der Waals surface area contributed by atoms with E-state index in [0.717, 1.165) is 50.1 Å². The zero-order valence-electron chi connectivity index (χ0n) is 30.0. The van der Waals surface area contributed by atoms with Gasteiger partial charge in [-0.1, -0.05) is 153 Å². The molecule has 0 saturated carbocycles. The van der Waals surface area contributed by atoms with E-state index in [9.17, 15) is 0 Å². The summed E-state index contributed by atoms with van der Waals surface area (Å²) < 4.78 is 2.06. The molecule has 0 N–H and O–H groups in total. The molecule has 0 bridgehead atoms. The van der Waals surface area contributed by atoms with E-state index < -0.39 is 0 Å². The van der Waals surface area contributed by atoms with Crippen molar-refractivity contribution in [2.45, 2.75) is 19.3 Å². The molecule has 256 valence electrons. The number of hydrogen-bond donors (Lipinski definition) is 0. The molecule has 0 atom stereocenters. The summed E-state index contributed by atoms with van der Waals surface area (Å²) in [5.41, 5.74) is 14.8. The van der Waals surface area contributed by atoms with Gasteiger partial charge in [-0.2, -0.15) is 5.10 Å². The lowest BCUT2D eigenvalue weighted by Gasteiger charge is -2.22. The molecule has 0 fully saturated rings. The molecule has 0 unspecified atom stereocenters. The summed E-state index contributed by atoms with van der Waals surface area (Å²) in [5, 5.41) is 6.11. The monoisotopic (exact) mass is 693 g/mol. The molecule has 2 heterocycles. The number of nitrogens with zero attached hydrogens (tertiary/aromatic N) is 5. The fourth-order valence-electron chi connectivity index (χ4n) is 8.05. The van der Waals surface area contributed by atoms with Crippen LogP contribution in [0.25, 0.3) is 84.1 Å². The van der Waals surface area contributed by atoms with Crippen LogP contribution in [0.15, 0.2) is 176 Å². The van der Waals surface area contributed by atoms with E-state index in [1.807, 2.05) is 66.9 Å². The Morgan fingerprint density at radius 1 is 0.426 bits per heavy atom. The Hall–Kier alpha value is -6.98. The van der Waals surface area contributed by atoms with Crippen LogP contribution in [0.3, 0.4) is 0 Å². The van der Waals surface area contributed by atoms with Crippen molar-refractivity contribution in [2.24, 2.45) is 0 Å². The van der Waals surface area contributed by atoms with E-state index in [1.165, 1.54) is 27.6 Å². The molecule has 1 aliphatic carbocycles. The molecule has 2 aromatic heterocycles. The number of aromatic nitrogens is 5. The predicted octanol–water partition coefficient (Wildman–Crippen LogP) is 11.9. The number of hydrogen-bond acceptors (Lipinski definition) is 4. The minimum Gasteiger partial charge on any atom is -0.233 e. The zero-order chi connectivity index (χ0) is 36.2. The van der Waals surface area contributed by atoms with Crippen molar-refractivity contribution in [2.75, 3.05) is 0 Å². The van der Waals surface area contributed by atoms with Gasteiger partial charge in [0.05, 0.1) is 17.4 Å². The Bertz CT molecular complexity index is 2780. The highest BCUT2D eigenvalue weighted by Gasteiger charge is 2.37. The summed E-state index contributed by atoms with van der Waals surface area (Å²) in [7, 11) is 0. The number of fused-ring (bicyclic) bond motifs is 5. The van der Waals surface area contributed by atoms with Crippen LogP contribution in [-0.2, 0) is 5.41 Å². The molecule has 0 amide bonds. The summed E-state index contributed by atoms with van der Waals surface area (Å²) in [4.78, 5) is 14.8. The first-order valence-electron chi connectivity index (χ1n) is 18.3. The van der Waals surface area contributed by atoms with Gasteiger partial charge in [-0.05, 0) is 74.8 Å². The molecule has 54 heavy (non-hydrogen) atoms. The van der Waals surface area contributed by atoms with Gasteiger partial charge < -0.3 is 0 Å². The van der Waals surface area contributed by atoms with E-state index in [-0.39, 0.29) is 5.41 Å². The molecular formula is C49H35N5. The van der Waals surface area contributed by atoms with E-state index in [1.54, 1.807) is 0 Å². The van der Waals surface area contributed by atoms with E-state index >= 15 is 0 Å². The molecule has 0 radical (unpaired) electrons. The minimum atomic E-state index is -0.0881. The van der Waals surface area contributed by atoms with Gasteiger partial charge in [-0.3, -0.25) is 0 Å². The first-order chi connectivity index (χ1) is 26.5. The lowest BCUT2D eigenvalue weighted by atomic mass is 9.81. The maximum absolute atomic E-state index is 4.95. The Morgan fingerprint density at radius 2 is 0.944 bits per heavy atom. The van der Waals surface area contributed by atoms with Gasteiger partial charge in [0.2, 0.25) is 0 Å². The molecular weight excluding hydrogens is 659 g/mol. The first kappa shape index (κ1) is 31.7. The second-order valence-corrected chi connectivity index (χ2v) is 14.4. The molecule has 10 rings (SSSR count). The van der Waals surface area contributed by atoms with Gasteiger partial charge in [0.15, 0.2) is 17.5 Å². The lowest BCUT2D eigenvalue weighted by molar-refractivity contribution is 0.666. The third-order valence-corrected chi connectivity index (χ3v) is 10.7. The summed E-state index contributed by atoms with van der Waals surface area (Å²) in [6.45, 7) is 4.65. The highest BCUT2D eigenvalue weighted by Crippen LogP contribution is 2.51. The quantitative estimate of drug-likeness (QED) is 0.174. The average molecular weight is 694 g/mol. The topological polar surface area (TPSA) is 56.5 Å². The van der Waals surface area contributed by atoms with Crippen molar-refractivity contribution in [3.63, 3.8) is 0 Å². The summed E-state index contributed by atoms with van der Waals surface area (Å²) in [5.74, 6) is 1.94. The van der Waals surface area contributed by atoms with Gasteiger partial charge in [0.25, 0.3) is 0 Å². The molecule has 5 heteroatoms. The van der Waals surface area contributed by atoms with Crippen LogP contribution >= 0.6 is 0 Å². The maximum atomic E-state index is 4.95. The number of benzene rings is 7. The van der Waals surface area contributed by atoms with Crippen molar-refractivity contribution >= 4 is 10.9 Å². The highest BCUT2D eigenvalue weighted by atomic mass is 15.3. The van der Waals surface area contributed by atoms with Crippen LogP contribution < -0.4 is 0 Å². The fraction of sp³-hybridized carbons (Fsp3) is 0.0612. The molecule has 0 saturated heterocycles. The Labute approximate surface area is 314 Å². The molecule has 0 aliphatic heterocycles. The first-order valence-corrected chi connectivity index (χ1v) is 18.3. The molecule has 0 spiro atoms. The summed E-state index contributed by atoms with van der Waals surface area (Å²) >= 11 is 0. The van der Waals surface area contributed by atoms with Gasteiger partial charge in [0, 0.05) is 27.5 Å². The largest absolute Gasteiger partial charge is 0.233 e. The summed E-state index contributed by atoms with van der Waals surface area (Å²) in [6.07, 6.45) is 2.04. The molecule has 9 aromatic rings. The van der Waals surface area contributed by atoms with Gasteiger partial charge >= 0.3 is 0 Å². The van der Waals surface area contributed by atoms with E-state index in [2.05, 4.69) is 128 Å². The Kier molecular flexibility index (Phi) is 7.41. The standard InChI is InChI=1S/C49H35N5/c1-49(2)43-22-10-9-21-40(43)41-27-28-44-42(45(41)49)31-50-54(44)39-25-23-32(24-26-39)35-17-11-18-36(29-35)37-19-12-20-38(30-37)48-52-46(33-13-5-3-6-14-33)51-47(53-48)34-15-7-4-8-16-34/h3-31H,1-2H3. The SMILES string of the molecule is CC1(C)c2ccccc2-c2ccc3c(cnn3-c3ccc(-c4cccc(-c5cccc(-c6nc(-c7ccccc7)nc(-c7ccccc7)n6)c5)c4)cc3)c21. The van der Waals surface area contributed by atoms with Crippen molar-refractivity contribution in [3.8, 4) is 73.2 Å².